The van der Waals surface area contributed by atoms with Crippen LogP contribution in [0.2, 0.25) is 0 Å². The molecule has 92 valence electrons. The lowest BCUT2D eigenvalue weighted by molar-refractivity contribution is -0.124. The fraction of sp³-hybridized carbons (Fsp3) is 0.250. The summed E-state index contributed by atoms with van der Waals surface area (Å²) in [6, 6.07) is 6.50. The summed E-state index contributed by atoms with van der Waals surface area (Å²) >= 11 is 0. The van der Waals surface area contributed by atoms with Crippen LogP contribution in [0.15, 0.2) is 24.3 Å². The highest BCUT2D eigenvalue weighted by Gasteiger charge is 2.55. The third kappa shape index (κ3) is 1.20. The van der Waals surface area contributed by atoms with Crippen molar-refractivity contribution in [2.45, 2.75) is 17.9 Å². The maximum absolute atomic E-state index is 12.0. The Bertz CT molecular complexity index is 584. The van der Waals surface area contributed by atoms with Gasteiger partial charge in [0.25, 0.3) is 5.91 Å². The minimum atomic E-state index is -1.15. The molecule has 4 N–H and O–H groups in total. The molecule has 1 spiro atoms. The van der Waals surface area contributed by atoms with Crippen LogP contribution in [-0.2, 0) is 15.1 Å². The van der Waals surface area contributed by atoms with Gasteiger partial charge in [0.05, 0.1) is 5.92 Å². The van der Waals surface area contributed by atoms with E-state index in [1.165, 1.54) is 0 Å². The monoisotopic (exact) mass is 245 g/mol. The fourth-order valence-corrected chi connectivity index (χ4v) is 2.79. The number of imide groups is 1. The zero-order valence-electron chi connectivity index (χ0n) is 9.40. The normalized spacial score (nSPS) is 29.0. The zero-order valence-corrected chi connectivity index (χ0v) is 9.40. The van der Waals surface area contributed by atoms with Gasteiger partial charge in [0.15, 0.2) is 0 Å². The summed E-state index contributed by atoms with van der Waals surface area (Å²) in [6.45, 7) is 0. The number of amides is 4. The summed E-state index contributed by atoms with van der Waals surface area (Å²) in [7, 11) is 0. The van der Waals surface area contributed by atoms with E-state index in [0.29, 0.717) is 11.1 Å². The highest BCUT2D eigenvalue weighted by atomic mass is 16.2. The van der Waals surface area contributed by atoms with Crippen LogP contribution in [0.5, 0.6) is 0 Å². The number of carbonyl (C=O) groups excluding carboxylic acids is 3. The molecule has 1 fully saturated rings. The highest BCUT2D eigenvalue weighted by molar-refractivity contribution is 6.09. The first-order valence-electron chi connectivity index (χ1n) is 5.57. The van der Waals surface area contributed by atoms with Gasteiger partial charge in [-0.25, -0.2) is 4.79 Å². The average molecular weight is 245 g/mol. The lowest BCUT2D eigenvalue weighted by Crippen LogP contribution is -2.42. The van der Waals surface area contributed by atoms with Crippen LogP contribution in [0.3, 0.4) is 0 Å². The van der Waals surface area contributed by atoms with Gasteiger partial charge in [-0.1, -0.05) is 24.3 Å². The van der Waals surface area contributed by atoms with E-state index in [1.54, 1.807) is 24.3 Å². The first-order chi connectivity index (χ1) is 8.54. The molecule has 1 saturated heterocycles. The van der Waals surface area contributed by atoms with Gasteiger partial charge >= 0.3 is 6.03 Å². The Labute approximate surface area is 103 Å². The lowest BCUT2D eigenvalue weighted by Gasteiger charge is -2.21. The largest absolute Gasteiger partial charge is 0.369 e. The molecular weight excluding hydrogens is 234 g/mol. The van der Waals surface area contributed by atoms with Crippen molar-refractivity contribution in [3.63, 3.8) is 0 Å². The summed E-state index contributed by atoms with van der Waals surface area (Å²) in [4.78, 5) is 34.8. The third-order valence-electron chi connectivity index (χ3n) is 3.59. The number of nitrogens with two attached hydrogens (primary N) is 1. The quantitative estimate of drug-likeness (QED) is 0.592. The van der Waals surface area contributed by atoms with Gasteiger partial charge < -0.3 is 11.1 Å². The van der Waals surface area contributed by atoms with Crippen LogP contribution in [-0.4, -0.2) is 17.8 Å². The summed E-state index contributed by atoms with van der Waals surface area (Å²) in [5.41, 5.74) is 5.58. The molecule has 0 saturated carbocycles. The van der Waals surface area contributed by atoms with Crippen LogP contribution >= 0.6 is 0 Å². The van der Waals surface area contributed by atoms with Gasteiger partial charge in [-0.15, -0.1) is 0 Å². The Balaban J connectivity index is 2.18. The molecule has 1 aliphatic heterocycles. The topological polar surface area (TPSA) is 101 Å². The molecule has 1 aromatic carbocycles. The molecule has 6 heteroatoms. The van der Waals surface area contributed by atoms with Gasteiger partial charge in [0.2, 0.25) is 5.91 Å². The predicted molar refractivity (Wildman–Crippen MR) is 61.3 cm³/mol. The molecule has 1 aliphatic carbocycles. The molecule has 2 atom stereocenters. The number of nitrogens with one attached hydrogen (secondary N) is 2. The number of urea groups is 1. The molecule has 4 amide bonds. The first-order valence-corrected chi connectivity index (χ1v) is 5.57. The molecule has 1 heterocycles. The molecule has 1 aromatic rings. The number of hydrogen-bond donors (Lipinski definition) is 3. The molecule has 0 unspecified atom stereocenters. The van der Waals surface area contributed by atoms with E-state index in [-0.39, 0.29) is 6.42 Å². The Morgan fingerprint density at radius 2 is 2.06 bits per heavy atom. The Kier molecular flexibility index (Phi) is 1.98. The van der Waals surface area contributed by atoms with E-state index in [0.717, 1.165) is 0 Å². The lowest BCUT2D eigenvalue weighted by atomic mass is 9.91. The van der Waals surface area contributed by atoms with Gasteiger partial charge in [-0.3, -0.25) is 14.9 Å². The van der Waals surface area contributed by atoms with Crippen LogP contribution in [0.1, 0.15) is 23.5 Å². The fourth-order valence-electron chi connectivity index (χ4n) is 2.79. The standard InChI is InChI=1S/C12H11N3O3/c13-9(16)7-5-12(10(17)14-11(18)15-12)8-4-2-1-3-6(7)8/h1-4,7H,5H2,(H2,13,16)(H2,14,15,17,18)/t7-,12+/m0/s1. The van der Waals surface area contributed by atoms with E-state index in [1.807, 2.05) is 0 Å². The van der Waals surface area contributed by atoms with Gasteiger partial charge in [0, 0.05) is 0 Å². The van der Waals surface area contributed by atoms with Crippen LogP contribution in [0, 0.1) is 0 Å². The van der Waals surface area contributed by atoms with E-state index >= 15 is 0 Å². The van der Waals surface area contributed by atoms with Crippen molar-refractivity contribution in [1.82, 2.24) is 10.6 Å². The Hall–Kier alpha value is -2.37. The van der Waals surface area contributed by atoms with Crippen molar-refractivity contribution in [1.29, 1.82) is 0 Å². The molecular formula is C12H11N3O3. The van der Waals surface area contributed by atoms with E-state index in [2.05, 4.69) is 10.6 Å². The molecule has 0 bridgehead atoms. The number of carbonyl (C=O) groups is 3. The third-order valence-corrected chi connectivity index (χ3v) is 3.59. The predicted octanol–water partition coefficient (Wildman–Crippen LogP) is -0.306. The Morgan fingerprint density at radius 1 is 1.33 bits per heavy atom. The molecule has 0 radical (unpaired) electrons. The molecule has 6 nitrogen and oxygen atoms in total. The second-order valence-corrected chi connectivity index (χ2v) is 4.56. The van der Waals surface area contributed by atoms with E-state index < -0.39 is 29.3 Å². The van der Waals surface area contributed by atoms with E-state index in [9.17, 15) is 14.4 Å². The van der Waals surface area contributed by atoms with Crippen LogP contribution in [0.25, 0.3) is 0 Å². The van der Waals surface area contributed by atoms with Crippen LogP contribution < -0.4 is 16.4 Å². The van der Waals surface area contributed by atoms with Crippen LogP contribution in [0.4, 0.5) is 4.79 Å². The minimum Gasteiger partial charge on any atom is -0.369 e. The maximum Gasteiger partial charge on any atom is 0.322 e. The summed E-state index contributed by atoms with van der Waals surface area (Å²) in [5, 5.41) is 4.82. The number of fused-ring (bicyclic) bond motifs is 2. The smallest absolute Gasteiger partial charge is 0.322 e. The van der Waals surface area contributed by atoms with E-state index in [4.69, 9.17) is 5.73 Å². The second kappa shape index (κ2) is 3.32. The molecule has 0 aromatic heterocycles. The average Bonchev–Trinajstić information content (AvgIpc) is 2.80. The van der Waals surface area contributed by atoms with Crippen molar-refractivity contribution in [2.24, 2.45) is 5.73 Å². The number of hydrogen-bond acceptors (Lipinski definition) is 3. The Morgan fingerprint density at radius 3 is 2.67 bits per heavy atom. The van der Waals surface area contributed by atoms with Gasteiger partial charge in [0.1, 0.15) is 5.54 Å². The molecule has 18 heavy (non-hydrogen) atoms. The van der Waals surface area contributed by atoms with Crippen molar-refractivity contribution < 1.29 is 14.4 Å². The summed E-state index contributed by atoms with van der Waals surface area (Å²) < 4.78 is 0. The van der Waals surface area contributed by atoms with Gasteiger partial charge in [-0.05, 0) is 17.5 Å². The summed E-state index contributed by atoms with van der Waals surface area (Å²) in [6.07, 6.45) is 0.180. The zero-order chi connectivity index (χ0) is 12.9. The highest BCUT2D eigenvalue weighted by Crippen LogP contribution is 2.45. The van der Waals surface area contributed by atoms with Crippen molar-refractivity contribution in [2.75, 3.05) is 0 Å². The minimum absolute atomic E-state index is 0.180. The molecule has 3 rings (SSSR count). The first kappa shape index (κ1) is 10.8. The number of rotatable bonds is 1. The number of primary amides is 1. The van der Waals surface area contributed by atoms with Crippen molar-refractivity contribution in [3.05, 3.63) is 35.4 Å². The summed E-state index contributed by atoms with van der Waals surface area (Å²) in [5.74, 6) is -1.47. The SMILES string of the molecule is NC(=O)[C@H]1C[C@@]2(NC(=O)NC2=O)c2ccccc21. The maximum atomic E-state index is 12.0. The second-order valence-electron chi connectivity index (χ2n) is 4.56. The number of benzene rings is 1. The van der Waals surface area contributed by atoms with Crippen molar-refractivity contribution in [3.8, 4) is 0 Å². The van der Waals surface area contributed by atoms with Gasteiger partial charge in [-0.2, -0.15) is 0 Å². The van der Waals surface area contributed by atoms with Crippen molar-refractivity contribution >= 4 is 17.8 Å². The molecule has 2 aliphatic rings.